The first kappa shape index (κ1) is 23.2. The van der Waals surface area contributed by atoms with E-state index in [0.717, 1.165) is 0 Å². The summed E-state index contributed by atoms with van der Waals surface area (Å²) >= 11 is 0. The molecular formula is C25H24N2O6. The van der Waals surface area contributed by atoms with Crippen molar-refractivity contribution in [1.29, 1.82) is 0 Å². The summed E-state index contributed by atoms with van der Waals surface area (Å²) in [5.41, 5.74) is 1.31. The molecular weight excluding hydrogens is 424 g/mol. The number of amides is 2. The number of phenolic OH excluding ortho intramolecular Hbond substituents is 1. The Hall–Kier alpha value is -4.46. The minimum Gasteiger partial charge on any atom is -0.508 e. The van der Waals surface area contributed by atoms with Gasteiger partial charge in [0.2, 0.25) is 0 Å². The van der Waals surface area contributed by atoms with Crippen LogP contribution in [0.15, 0.2) is 72.4 Å². The summed E-state index contributed by atoms with van der Waals surface area (Å²) in [5.74, 6) is 0.561. The van der Waals surface area contributed by atoms with Crippen LogP contribution >= 0.6 is 0 Å². The number of hydrogen-bond donors (Lipinski definition) is 3. The number of benzene rings is 3. The highest BCUT2D eigenvalue weighted by Crippen LogP contribution is 2.28. The molecule has 0 atom stereocenters. The number of anilines is 1. The zero-order chi connectivity index (χ0) is 23.8. The topological polar surface area (TPSA) is 106 Å². The maximum atomic E-state index is 13.0. The van der Waals surface area contributed by atoms with Crippen molar-refractivity contribution in [1.82, 2.24) is 5.32 Å². The van der Waals surface area contributed by atoms with Crippen molar-refractivity contribution in [2.75, 3.05) is 26.6 Å². The molecule has 33 heavy (non-hydrogen) atoms. The van der Waals surface area contributed by atoms with Crippen molar-refractivity contribution in [3.63, 3.8) is 0 Å². The van der Waals surface area contributed by atoms with Crippen molar-refractivity contribution in [3.05, 3.63) is 83.6 Å². The van der Waals surface area contributed by atoms with E-state index in [0.29, 0.717) is 34.1 Å². The van der Waals surface area contributed by atoms with Crippen LogP contribution in [0.1, 0.15) is 15.9 Å². The predicted molar refractivity (Wildman–Crippen MR) is 125 cm³/mol. The van der Waals surface area contributed by atoms with Gasteiger partial charge in [-0.15, -0.1) is 0 Å². The third-order valence-corrected chi connectivity index (χ3v) is 4.67. The molecule has 3 N–H and O–H groups in total. The SMILES string of the molecule is COc1ccc(C(=O)N/C(=C/c2ccc(OC)c(OC)c2)C(=O)Nc2cccc(O)c2)cc1. The first-order valence-electron chi connectivity index (χ1n) is 9.93. The van der Waals surface area contributed by atoms with Gasteiger partial charge in [0.05, 0.1) is 21.3 Å². The molecule has 3 aromatic rings. The van der Waals surface area contributed by atoms with Crippen molar-refractivity contribution in [3.8, 4) is 23.0 Å². The Morgan fingerprint density at radius 2 is 1.58 bits per heavy atom. The number of carbonyl (C=O) groups excluding carboxylic acids is 2. The Kier molecular flexibility index (Phi) is 7.54. The van der Waals surface area contributed by atoms with Crippen LogP contribution in [-0.4, -0.2) is 38.3 Å². The summed E-state index contributed by atoms with van der Waals surface area (Å²) in [6.45, 7) is 0. The number of nitrogens with one attached hydrogen (secondary N) is 2. The minimum absolute atomic E-state index is 0.000453. The molecule has 0 saturated carbocycles. The van der Waals surface area contributed by atoms with Crippen LogP contribution in [0.5, 0.6) is 23.0 Å². The van der Waals surface area contributed by atoms with Crippen molar-refractivity contribution in [2.24, 2.45) is 0 Å². The Balaban J connectivity index is 1.93. The average molecular weight is 448 g/mol. The van der Waals surface area contributed by atoms with E-state index in [4.69, 9.17) is 14.2 Å². The molecule has 8 nitrogen and oxygen atoms in total. The maximum absolute atomic E-state index is 13.0. The summed E-state index contributed by atoms with van der Waals surface area (Å²) in [4.78, 5) is 25.8. The summed E-state index contributed by atoms with van der Waals surface area (Å²) < 4.78 is 15.7. The molecule has 0 radical (unpaired) electrons. The van der Waals surface area contributed by atoms with Gasteiger partial charge in [0.15, 0.2) is 11.5 Å². The van der Waals surface area contributed by atoms with Gasteiger partial charge >= 0.3 is 0 Å². The lowest BCUT2D eigenvalue weighted by molar-refractivity contribution is -0.113. The number of aromatic hydroxyl groups is 1. The van der Waals surface area contributed by atoms with Crippen LogP contribution in [0, 0.1) is 0 Å². The number of hydrogen-bond acceptors (Lipinski definition) is 6. The van der Waals surface area contributed by atoms with Gasteiger partial charge in [-0.1, -0.05) is 12.1 Å². The molecule has 0 aliphatic heterocycles. The molecule has 0 saturated heterocycles. The predicted octanol–water partition coefficient (Wildman–Crippen LogP) is 3.83. The van der Waals surface area contributed by atoms with Gasteiger partial charge in [-0.3, -0.25) is 9.59 Å². The lowest BCUT2D eigenvalue weighted by atomic mass is 10.1. The summed E-state index contributed by atoms with van der Waals surface area (Å²) in [5, 5.41) is 15.0. The summed E-state index contributed by atoms with van der Waals surface area (Å²) in [6.07, 6.45) is 1.52. The zero-order valence-electron chi connectivity index (χ0n) is 18.4. The van der Waals surface area contributed by atoms with E-state index in [2.05, 4.69) is 10.6 Å². The quantitative estimate of drug-likeness (QED) is 0.452. The molecule has 3 aromatic carbocycles. The molecule has 0 unspecified atom stereocenters. The Morgan fingerprint density at radius 1 is 0.848 bits per heavy atom. The summed E-state index contributed by atoms with van der Waals surface area (Å²) in [6, 6.07) is 17.7. The normalized spacial score (nSPS) is 10.8. The fraction of sp³-hybridized carbons (Fsp3) is 0.120. The van der Waals surface area contributed by atoms with E-state index in [1.165, 1.54) is 39.5 Å². The van der Waals surface area contributed by atoms with Crippen molar-refractivity contribution < 1.29 is 28.9 Å². The molecule has 0 heterocycles. The number of rotatable bonds is 8. The van der Waals surface area contributed by atoms with Gasteiger partial charge in [0.1, 0.15) is 17.2 Å². The number of phenols is 1. The molecule has 0 spiro atoms. The monoisotopic (exact) mass is 448 g/mol. The fourth-order valence-corrected chi connectivity index (χ4v) is 2.99. The van der Waals surface area contributed by atoms with Crippen LogP contribution in [0.4, 0.5) is 5.69 Å². The van der Waals surface area contributed by atoms with Gasteiger partial charge < -0.3 is 30.0 Å². The Bertz CT molecular complexity index is 1170. The lowest BCUT2D eigenvalue weighted by Crippen LogP contribution is -2.30. The van der Waals surface area contributed by atoms with Gasteiger partial charge in [-0.05, 0) is 60.2 Å². The van der Waals surface area contributed by atoms with E-state index < -0.39 is 11.8 Å². The standard InChI is InChI=1S/C25H24N2O6/c1-31-20-10-8-17(9-11-20)24(29)27-21(25(30)26-18-5-4-6-19(28)15-18)13-16-7-12-22(32-2)23(14-16)33-3/h4-15,28H,1-3H3,(H,26,30)(H,27,29)/b21-13+. The van der Waals surface area contributed by atoms with E-state index in [9.17, 15) is 14.7 Å². The van der Waals surface area contributed by atoms with Crippen LogP contribution in [0.3, 0.4) is 0 Å². The van der Waals surface area contributed by atoms with Gasteiger partial charge in [0.25, 0.3) is 11.8 Å². The second-order valence-corrected chi connectivity index (χ2v) is 6.86. The molecule has 0 aromatic heterocycles. The van der Waals surface area contributed by atoms with E-state index >= 15 is 0 Å². The number of carbonyl (C=O) groups is 2. The summed E-state index contributed by atoms with van der Waals surface area (Å²) in [7, 11) is 4.56. The number of ether oxygens (including phenoxy) is 3. The molecule has 2 amide bonds. The molecule has 0 aliphatic rings. The third-order valence-electron chi connectivity index (χ3n) is 4.67. The largest absolute Gasteiger partial charge is 0.508 e. The highest BCUT2D eigenvalue weighted by molar-refractivity contribution is 6.10. The van der Waals surface area contributed by atoms with Crippen LogP contribution in [0.25, 0.3) is 6.08 Å². The minimum atomic E-state index is -0.572. The average Bonchev–Trinajstić information content (AvgIpc) is 2.83. The smallest absolute Gasteiger partial charge is 0.272 e. The van der Waals surface area contributed by atoms with Crippen LogP contribution in [-0.2, 0) is 4.79 Å². The first-order valence-corrected chi connectivity index (χ1v) is 9.93. The number of methoxy groups -OCH3 is 3. The Labute approximate surface area is 191 Å². The molecule has 0 bridgehead atoms. The molecule has 3 rings (SSSR count). The first-order chi connectivity index (χ1) is 15.9. The maximum Gasteiger partial charge on any atom is 0.272 e. The Morgan fingerprint density at radius 3 is 2.21 bits per heavy atom. The second kappa shape index (κ2) is 10.7. The molecule has 0 fully saturated rings. The van der Waals surface area contributed by atoms with Gasteiger partial charge in [-0.2, -0.15) is 0 Å². The van der Waals surface area contributed by atoms with Gasteiger partial charge in [-0.25, -0.2) is 0 Å². The second-order valence-electron chi connectivity index (χ2n) is 6.86. The van der Waals surface area contributed by atoms with Gasteiger partial charge in [0, 0.05) is 17.3 Å². The van der Waals surface area contributed by atoms with E-state index in [-0.39, 0.29) is 11.4 Å². The molecule has 8 heteroatoms. The lowest BCUT2D eigenvalue weighted by Gasteiger charge is -2.13. The zero-order valence-corrected chi connectivity index (χ0v) is 18.4. The fourth-order valence-electron chi connectivity index (χ4n) is 2.99. The van der Waals surface area contributed by atoms with Crippen LogP contribution in [0.2, 0.25) is 0 Å². The third kappa shape index (κ3) is 6.04. The van der Waals surface area contributed by atoms with Crippen LogP contribution < -0.4 is 24.8 Å². The van der Waals surface area contributed by atoms with Crippen molar-refractivity contribution >= 4 is 23.6 Å². The van der Waals surface area contributed by atoms with E-state index in [1.807, 2.05) is 0 Å². The highest BCUT2D eigenvalue weighted by atomic mass is 16.5. The van der Waals surface area contributed by atoms with E-state index in [1.54, 1.807) is 54.6 Å². The van der Waals surface area contributed by atoms with Crippen molar-refractivity contribution in [2.45, 2.75) is 0 Å². The molecule has 0 aliphatic carbocycles. The highest BCUT2D eigenvalue weighted by Gasteiger charge is 2.16. The molecule has 170 valence electrons.